The van der Waals surface area contributed by atoms with E-state index in [2.05, 4.69) is 10.2 Å². The minimum atomic E-state index is -0.898. The molecule has 0 heterocycles. The molecule has 0 aromatic carbocycles. The summed E-state index contributed by atoms with van der Waals surface area (Å²) in [5.41, 5.74) is -0.898. The number of carboxylic acids is 1. The van der Waals surface area contributed by atoms with Gasteiger partial charge in [-0.25, -0.2) is 0 Å². The summed E-state index contributed by atoms with van der Waals surface area (Å²) in [5.74, 6) is -0.792. The fraction of sp³-hybridized carbons (Fsp3) is 0.923. The van der Waals surface area contributed by atoms with Crippen LogP contribution in [0.2, 0.25) is 0 Å². The zero-order valence-corrected chi connectivity index (χ0v) is 11.9. The van der Waals surface area contributed by atoms with Crippen LogP contribution in [-0.2, 0) is 9.53 Å². The molecular formula is C13H26N2O3. The van der Waals surface area contributed by atoms with Gasteiger partial charge < -0.3 is 9.84 Å². The highest BCUT2D eigenvalue weighted by Crippen LogP contribution is 2.28. The number of nitrogens with zero attached hydrogens (tertiary/aromatic N) is 1. The Kier molecular flexibility index (Phi) is 5.56. The molecule has 2 N–H and O–H groups in total. The fourth-order valence-corrected chi connectivity index (χ4v) is 2.26. The molecule has 5 heteroatoms. The van der Waals surface area contributed by atoms with Crippen LogP contribution in [0, 0.1) is 0 Å². The highest BCUT2D eigenvalue weighted by atomic mass is 16.5. The topological polar surface area (TPSA) is 61.8 Å². The maximum absolute atomic E-state index is 11.5. The van der Waals surface area contributed by atoms with E-state index in [0.29, 0.717) is 19.2 Å². The second-order valence-corrected chi connectivity index (χ2v) is 5.63. The first kappa shape index (κ1) is 15.4. The number of carbonyl (C=O) groups is 1. The first-order valence-corrected chi connectivity index (χ1v) is 6.63. The molecule has 5 nitrogen and oxygen atoms in total. The summed E-state index contributed by atoms with van der Waals surface area (Å²) in [7, 11) is 1.67. The van der Waals surface area contributed by atoms with Crippen LogP contribution in [0.5, 0.6) is 0 Å². The number of hydrogen-bond acceptors (Lipinski definition) is 4. The number of methoxy groups -OCH3 is 1. The van der Waals surface area contributed by atoms with Crippen molar-refractivity contribution in [1.82, 2.24) is 10.2 Å². The van der Waals surface area contributed by atoms with Gasteiger partial charge in [-0.2, -0.15) is 0 Å². The largest absolute Gasteiger partial charge is 0.480 e. The zero-order valence-electron chi connectivity index (χ0n) is 11.9. The molecule has 0 aromatic heterocycles. The van der Waals surface area contributed by atoms with Gasteiger partial charge in [0.1, 0.15) is 5.54 Å². The third-order valence-electron chi connectivity index (χ3n) is 3.24. The Morgan fingerprint density at radius 3 is 2.56 bits per heavy atom. The van der Waals surface area contributed by atoms with Crippen LogP contribution >= 0.6 is 0 Å². The quantitative estimate of drug-likeness (QED) is 0.644. The Morgan fingerprint density at radius 2 is 2.17 bits per heavy atom. The molecule has 0 saturated heterocycles. The Hall–Kier alpha value is -0.650. The van der Waals surface area contributed by atoms with Crippen molar-refractivity contribution in [3.05, 3.63) is 0 Å². The second kappa shape index (κ2) is 6.50. The van der Waals surface area contributed by atoms with E-state index < -0.39 is 11.5 Å². The van der Waals surface area contributed by atoms with Crippen molar-refractivity contribution in [2.75, 3.05) is 26.8 Å². The number of ether oxygens (including phenoxy) is 1. The van der Waals surface area contributed by atoms with Gasteiger partial charge in [-0.15, -0.1) is 0 Å². The molecule has 0 aliphatic heterocycles. The second-order valence-electron chi connectivity index (χ2n) is 5.63. The normalized spacial score (nSPS) is 19.2. The van der Waals surface area contributed by atoms with Crippen molar-refractivity contribution in [1.29, 1.82) is 0 Å². The van der Waals surface area contributed by atoms with Crippen molar-refractivity contribution in [3.63, 3.8) is 0 Å². The van der Waals surface area contributed by atoms with E-state index in [0.717, 1.165) is 6.54 Å². The molecule has 0 aromatic rings. The lowest BCUT2D eigenvalue weighted by Crippen LogP contribution is -2.59. The van der Waals surface area contributed by atoms with Gasteiger partial charge in [0.2, 0.25) is 0 Å². The molecule has 1 aliphatic rings. The van der Waals surface area contributed by atoms with Crippen molar-refractivity contribution in [3.8, 4) is 0 Å². The summed E-state index contributed by atoms with van der Waals surface area (Å²) in [6.45, 7) is 7.67. The van der Waals surface area contributed by atoms with Crippen molar-refractivity contribution in [2.24, 2.45) is 0 Å². The van der Waals surface area contributed by atoms with Crippen LogP contribution in [0.25, 0.3) is 0 Å². The zero-order chi connectivity index (χ0) is 13.8. The van der Waals surface area contributed by atoms with E-state index in [1.54, 1.807) is 14.0 Å². The van der Waals surface area contributed by atoms with Crippen LogP contribution in [0.4, 0.5) is 0 Å². The van der Waals surface area contributed by atoms with E-state index in [9.17, 15) is 9.90 Å². The SMILES string of the molecule is COCCN(CC(C)(NC(C)C)C(=O)O)C1CC1. The average Bonchev–Trinajstić information content (AvgIpc) is 3.06. The fourth-order valence-electron chi connectivity index (χ4n) is 2.26. The number of aliphatic carboxylic acids is 1. The molecule has 1 atom stereocenters. The lowest BCUT2D eigenvalue weighted by atomic mass is 10.0. The number of rotatable bonds is 9. The maximum atomic E-state index is 11.5. The smallest absolute Gasteiger partial charge is 0.324 e. The van der Waals surface area contributed by atoms with E-state index in [-0.39, 0.29) is 6.04 Å². The van der Waals surface area contributed by atoms with Gasteiger partial charge in [-0.3, -0.25) is 15.0 Å². The summed E-state index contributed by atoms with van der Waals surface area (Å²) >= 11 is 0. The molecule has 1 fully saturated rings. The van der Waals surface area contributed by atoms with Gasteiger partial charge in [0, 0.05) is 32.3 Å². The highest BCUT2D eigenvalue weighted by Gasteiger charge is 2.39. The summed E-state index contributed by atoms with van der Waals surface area (Å²) in [6.07, 6.45) is 2.34. The van der Waals surface area contributed by atoms with E-state index in [4.69, 9.17) is 4.74 Å². The molecule has 1 rings (SSSR count). The summed E-state index contributed by atoms with van der Waals surface area (Å²) < 4.78 is 5.10. The van der Waals surface area contributed by atoms with Crippen LogP contribution in [0.15, 0.2) is 0 Å². The number of carboxylic acid groups (broad SMARTS) is 1. The predicted octanol–water partition coefficient (Wildman–Crippen LogP) is 0.939. The molecule has 0 amide bonds. The van der Waals surface area contributed by atoms with Crippen LogP contribution in [0.1, 0.15) is 33.6 Å². The third-order valence-corrected chi connectivity index (χ3v) is 3.24. The minimum absolute atomic E-state index is 0.148. The molecular weight excluding hydrogens is 232 g/mol. The van der Waals surface area contributed by atoms with Crippen LogP contribution in [0.3, 0.4) is 0 Å². The van der Waals surface area contributed by atoms with Gasteiger partial charge in [-0.05, 0) is 33.6 Å². The van der Waals surface area contributed by atoms with Crippen LogP contribution < -0.4 is 5.32 Å². The summed E-state index contributed by atoms with van der Waals surface area (Å²) in [6, 6.07) is 0.683. The van der Waals surface area contributed by atoms with Crippen molar-refractivity contribution < 1.29 is 14.6 Å². The minimum Gasteiger partial charge on any atom is -0.480 e. The lowest BCUT2D eigenvalue weighted by molar-refractivity contribution is -0.145. The predicted molar refractivity (Wildman–Crippen MR) is 70.8 cm³/mol. The molecule has 1 saturated carbocycles. The Balaban J connectivity index is 2.64. The van der Waals surface area contributed by atoms with Gasteiger partial charge >= 0.3 is 5.97 Å². The third kappa shape index (κ3) is 4.55. The first-order chi connectivity index (χ1) is 8.39. The Bertz CT molecular complexity index is 279. The molecule has 18 heavy (non-hydrogen) atoms. The monoisotopic (exact) mass is 258 g/mol. The molecule has 1 aliphatic carbocycles. The van der Waals surface area contributed by atoms with E-state index in [1.165, 1.54) is 12.8 Å². The first-order valence-electron chi connectivity index (χ1n) is 6.63. The maximum Gasteiger partial charge on any atom is 0.324 e. The van der Waals surface area contributed by atoms with Gasteiger partial charge in [-0.1, -0.05) is 0 Å². The van der Waals surface area contributed by atoms with Gasteiger partial charge in [0.25, 0.3) is 0 Å². The summed E-state index contributed by atoms with van der Waals surface area (Å²) in [4.78, 5) is 13.7. The van der Waals surface area contributed by atoms with E-state index >= 15 is 0 Å². The highest BCUT2D eigenvalue weighted by molar-refractivity contribution is 5.78. The van der Waals surface area contributed by atoms with Gasteiger partial charge in [0.05, 0.1) is 6.61 Å². The molecule has 0 bridgehead atoms. The van der Waals surface area contributed by atoms with Crippen molar-refractivity contribution >= 4 is 5.97 Å². The molecule has 106 valence electrons. The molecule has 0 spiro atoms. The molecule has 1 unspecified atom stereocenters. The lowest BCUT2D eigenvalue weighted by Gasteiger charge is -2.34. The number of nitrogens with one attached hydrogen (secondary N) is 1. The summed E-state index contributed by atoms with van der Waals surface area (Å²) in [5, 5.41) is 12.6. The van der Waals surface area contributed by atoms with Crippen LogP contribution in [-0.4, -0.2) is 60.4 Å². The Morgan fingerprint density at radius 1 is 1.56 bits per heavy atom. The van der Waals surface area contributed by atoms with Gasteiger partial charge in [0.15, 0.2) is 0 Å². The van der Waals surface area contributed by atoms with E-state index in [1.807, 2.05) is 13.8 Å². The van der Waals surface area contributed by atoms with Crippen molar-refractivity contribution in [2.45, 2.75) is 51.2 Å². The average molecular weight is 258 g/mol. The molecule has 0 radical (unpaired) electrons. The number of hydrogen-bond donors (Lipinski definition) is 2. The standard InChI is InChI=1S/C13H26N2O3/c1-10(2)14-13(3,12(16)17)9-15(7-8-18-4)11-5-6-11/h10-11,14H,5-9H2,1-4H3,(H,16,17). The Labute approximate surface area is 109 Å².